The molecule has 24 heavy (non-hydrogen) atoms. The number of rotatable bonds is 5. The Kier molecular flexibility index (Phi) is 5.48. The molecule has 6 nitrogen and oxygen atoms in total. The normalized spacial score (nSPS) is 20.5. The highest BCUT2D eigenvalue weighted by atomic mass is 16.3. The summed E-state index contributed by atoms with van der Waals surface area (Å²) in [5.41, 5.74) is 2.17. The molecular weight excluding hydrogens is 304 g/mol. The second-order valence-electron chi connectivity index (χ2n) is 6.23. The van der Waals surface area contributed by atoms with Crippen molar-refractivity contribution in [3.8, 4) is 5.69 Å². The second kappa shape index (κ2) is 7.97. The monoisotopic (exact) mass is 328 g/mol. The largest absolute Gasteiger partial charge is 0.391 e. The van der Waals surface area contributed by atoms with E-state index < -0.39 is 6.10 Å². The molecule has 2 unspecified atom stereocenters. The lowest BCUT2D eigenvalue weighted by atomic mass is 9.93. The van der Waals surface area contributed by atoms with Crippen LogP contribution in [0.1, 0.15) is 31.2 Å². The molecule has 0 radical (unpaired) electrons. The van der Waals surface area contributed by atoms with E-state index in [1.54, 1.807) is 6.20 Å². The summed E-state index contributed by atoms with van der Waals surface area (Å²) < 4.78 is 1.81. The van der Waals surface area contributed by atoms with E-state index in [9.17, 15) is 9.90 Å². The van der Waals surface area contributed by atoms with Crippen LogP contribution in [0.4, 0.5) is 4.79 Å². The van der Waals surface area contributed by atoms with Gasteiger partial charge in [0, 0.05) is 18.9 Å². The average molecular weight is 328 g/mol. The van der Waals surface area contributed by atoms with Crippen molar-refractivity contribution in [1.29, 1.82) is 0 Å². The molecular formula is C18H24N4O2. The highest BCUT2D eigenvalue weighted by Crippen LogP contribution is 2.18. The number of aromatic nitrogens is 2. The number of amides is 2. The molecule has 2 amide bonds. The maximum absolute atomic E-state index is 11.9. The van der Waals surface area contributed by atoms with Crippen molar-refractivity contribution in [2.75, 3.05) is 6.54 Å². The summed E-state index contributed by atoms with van der Waals surface area (Å²) in [6, 6.07) is 9.69. The first-order chi connectivity index (χ1) is 11.7. The molecule has 1 saturated carbocycles. The average Bonchev–Trinajstić information content (AvgIpc) is 3.12. The number of hydrogen-bond acceptors (Lipinski definition) is 3. The summed E-state index contributed by atoms with van der Waals surface area (Å²) >= 11 is 0. The molecule has 1 aliphatic rings. The zero-order valence-electron chi connectivity index (χ0n) is 13.7. The van der Waals surface area contributed by atoms with Gasteiger partial charge in [-0.1, -0.05) is 25.0 Å². The molecule has 0 spiro atoms. The van der Waals surface area contributed by atoms with Gasteiger partial charge >= 0.3 is 6.03 Å². The van der Waals surface area contributed by atoms with Gasteiger partial charge < -0.3 is 15.7 Å². The minimum atomic E-state index is -0.417. The van der Waals surface area contributed by atoms with E-state index in [2.05, 4.69) is 15.7 Å². The Balaban J connectivity index is 1.42. The molecule has 3 rings (SSSR count). The van der Waals surface area contributed by atoms with E-state index in [4.69, 9.17) is 0 Å². The maximum Gasteiger partial charge on any atom is 0.315 e. The SMILES string of the molecule is O=C(NCCc1ccc(-n2cccn2)cc1)NC1CCCCC1O. The van der Waals surface area contributed by atoms with Gasteiger partial charge in [-0.25, -0.2) is 9.48 Å². The van der Waals surface area contributed by atoms with Crippen molar-refractivity contribution in [3.05, 3.63) is 48.3 Å². The third-order valence-electron chi connectivity index (χ3n) is 4.45. The van der Waals surface area contributed by atoms with Crippen LogP contribution in [0.25, 0.3) is 5.69 Å². The number of carbonyl (C=O) groups excluding carboxylic acids is 1. The summed E-state index contributed by atoms with van der Waals surface area (Å²) in [6.07, 6.45) is 7.72. The van der Waals surface area contributed by atoms with Crippen molar-refractivity contribution < 1.29 is 9.90 Å². The van der Waals surface area contributed by atoms with Gasteiger partial charge in [-0.05, 0) is 43.0 Å². The molecule has 1 aliphatic carbocycles. The first-order valence-corrected chi connectivity index (χ1v) is 8.54. The van der Waals surface area contributed by atoms with Gasteiger partial charge in [0.05, 0.1) is 17.8 Å². The lowest BCUT2D eigenvalue weighted by molar-refractivity contribution is 0.0943. The van der Waals surface area contributed by atoms with Crippen LogP contribution < -0.4 is 10.6 Å². The third-order valence-corrected chi connectivity index (χ3v) is 4.45. The predicted molar refractivity (Wildman–Crippen MR) is 92.1 cm³/mol. The van der Waals surface area contributed by atoms with Crippen LogP contribution in [0.3, 0.4) is 0 Å². The van der Waals surface area contributed by atoms with Gasteiger partial charge in [-0.3, -0.25) is 0 Å². The molecule has 0 aliphatic heterocycles. The lowest BCUT2D eigenvalue weighted by Crippen LogP contribution is -2.49. The first-order valence-electron chi connectivity index (χ1n) is 8.54. The molecule has 0 bridgehead atoms. The summed E-state index contributed by atoms with van der Waals surface area (Å²) in [5, 5.41) is 19.8. The number of hydrogen-bond donors (Lipinski definition) is 3. The van der Waals surface area contributed by atoms with E-state index in [0.717, 1.165) is 43.4 Å². The number of aliphatic hydroxyl groups is 1. The van der Waals surface area contributed by atoms with Gasteiger partial charge in [0.15, 0.2) is 0 Å². The maximum atomic E-state index is 11.9. The molecule has 1 aromatic carbocycles. The summed E-state index contributed by atoms with van der Waals surface area (Å²) in [5.74, 6) is 0. The van der Waals surface area contributed by atoms with Gasteiger partial charge in [-0.15, -0.1) is 0 Å². The Bertz CT molecular complexity index is 640. The van der Waals surface area contributed by atoms with Crippen molar-refractivity contribution in [2.45, 2.75) is 44.2 Å². The smallest absolute Gasteiger partial charge is 0.315 e. The minimum absolute atomic E-state index is 0.118. The van der Waals surface area contributed by atoms with Crippen LogP contribution in [-0.4, -0.2) is 39.6 Å². The molecule has 3 N–H and O–H groups in total. The van der Waals surface area contributed by atoms with Crippen LogP contribution in [0.5, 0.6) is 0 Å². The minimum Gasteiger partial charge on any atom is -0.391 e. The number of benzene rings is 1. The van der Waals surface area contributed by atoms with Crippen molar-refractivity contribution in [2.24, 2.45) is 0 Å². The molecule has 2 atom stereocenters. The zero-order chi connectivity index (χ0) is 16.8. The molecule has 0 saturated heterocycles. The van der Waals surface area contributed by atoms with E-state index in [1.807, 2.05) is 41.2 Å². The fraction of sp³-hybridized carbons (Fsp3) is 0.444. The zero-order valence-corrected chi connectivity index (χ0v) is 13.7. The van der Waals surface area contributed by atoms with Crippen molar-refractivity contribution in [1.82, 2.24) is 20.4 Å². The first kappa shape index (κ1) is 16.5. The molecule has 1 aromatic heterocycles. The lowest BCUT2D eigenvalue weighted by Gasteiger charge is -2.28. The summed E-state index contributed by atoms with van der Waals surface area (Å²) in [6.45, 7) is 0.565. The van der Waals surface area contributed by atoms with Crippen LogP contribution in [-0.2, 0) is 6.42 Å². The highest BCUT2D eigenvalue weighted by molar-refractivity contribution is 5.74. The number of carbonyl (C=O) groups is 1. The standard InChI is InChI=1S/C18H24N4O2/c23-17-5-2-1-4-16(17)21-18(24)19-12-10-14-6-8-15(9-7-14)22-13-3-11-20-22/h3,6-9,11,13,16-17,23H,1-2,4-5,10,12H2,(H2,19,21,24). The number of nitrogens with zero attached hydrogens (tertiary/aromatic N) is 2. The van der Waals surface area contributed by atoms with Crippen LogP contribution in [0.15, 0.2) is 42.7 Å². The number of nitrogens with one attached hydrogen (secondary N) is 2. The fourth-order valence-corrected chi connectivity index (χ4v) is 3.06. The van der Waals surface area contributed by atoms with E-state index in [0.29, 0.717) is 6.54 Å². The highest BCUT2D eigenvalue weighted by Gasteiger charge is 2.24. The Labute approximate surface area is 141 Å². The third kappa shape index (κ3) is 4.35. The topological polar surface area (TPSA) is 79.2 Å². The van der Waals surface area contributed by atoms with E-state index >= 15 is 0 Å². The van der Waals surface area contributed by atoms with Crippen LogP contribution in [0.2, 0.25) is 0 Å². The number of aliphatic hydroxyl groups excluding tert-OH is 1. The number of urea groups is 1. The Hall–Kier alpha value is -2.34. The van der Waals surface area contributed by atoms with E-state index in [1.165, 1.54) is 0 Å². The summed E-state index contributed by atoms with van der Waals surface area (Å²) in [7, 11) is 0. The van der Waals surface area contributed by atoms with Crippen LogP contribution in [0, 0.1) is 0 Å². The second-order valence-corrected chi connectivity index (χ2v) is 6.23. The van der Waals surface area contributed by atoms with Gasteiger partial charge in [-0.2, -0.15) is 5.10 Å². The van der Waals surface area contributed by atoms with Crippen molar-refractivity contribution >= 4 is 6.03 Å². The van der Waals surface area contributed by atoms with Crippen molar-refractivity contribution in [3.63, 3.8) is 0 Å². The van der Waals surface area contributed by atoms with E-state index in [-0.39, 0.29) is 12.1 Å². The molecule has 1 fully saturated rings. The predicted octanol–water partition coefficient (Wildman–Crippen LogP) is 2.02. The quantitative estimate of drug-likeness (QED) is 0.785. The fourth-order valence-electron chi connectivity index (χ4n) is 3.06. The molecule has 128 valence electrons. The Morgan fingerprint density at radius 3 is 2.75 bits per heavy atom. The Morgan fingerprint density at radius 2 is 2.04 bits per heavy atom. The molecule has 6 heteroatoms. The molecule has 2 aromatic rings. The van der Waals surface area contributed by atoms with Gasteiger partial charge in [0.2, 0.25) is 0 Å². The van der Waals surface area contributed by atoms with Gasteiger partial charge in [0.25, 0.3) is 0 Å². The van der Waals surface area contributed by atoms with Crippen LogP contribution >= 0.6 is 0 Å². The Morgan fingerprint density at radius 1 is 1.25 bits per heavy atom. The molecule has 1 heterocycles. The summed E-state index contributed by atoms with van der Waals surface area (Å²) in [4.78, 5) is 11.9. The van der Waals surface area contributed by atoms with Gasteiger partial charge in [0.1, 0.15) is 0 Å².